The minimum absolute atomic E-state index is 0.0668. The summed E-state index contributed by atoms with van der Waals surface area (Å²) in [5.74, 6) is 2.06. The van der Waals surface area contributed by atoms with Gasteiger partial charge in [0.1, 0.15) is 5.82 Å². The van der Waals surface area contributed by atoms with Crippen LogP contribution in [0.4, 0.5) is 11.6 Å². The molecular formula is C26H33Br2ClN6O4S. The van der Waals surface area contributed by atoms with E-state index in [1.807, 2.05) is 25.1 Å². The van der Waals surface area contributed by atoms with Crippen molar-refractivity contribution in [3.05, 3.63) is 49.7 Å². The number of aromatic nitrogens is 3. The number of methoxy groups -OCH3 is 1. The number of anilines is 2. The number of halogens is 3. The molecule has 0 spiro atoms. The number of hydrogen-bond acceptors (Lipinski definition) is 9. The summed E-state index contributed by atoms with van der Waals surface area (Å²) in [5.41, 5.74) is 7.00. The van der Waals surface area contributed by atoms with Crippen LogP contribution in [0.2, 0.25) is 5.02 Å². The molecule has 1 saturated carbocycles. The first kappa shape index (κ1) is 31.2. The highest BCUT2D eigenvalue weighted by atomic mass is 79.9. The second-order valence-electron chi connectivity index (χ2n) is 10.6. The monoisotopic (exact) mass is 718 g/mol. The first-order valence-corrected chi connectivity index (χ1v) is 16.5. The van der Waals surface area contributed by atoms with Crippen molar-refractivity contribution in [1.29, 1.82) is 0 Å². The maximum atomic E-state index is 12.5. The van der Waals surface area contributed by atoms with Gasteiger partial charge >= 0.3 is 0 Å². The van der Waals surface area contributed by atoms with Crippen LogP contribution in [0.15, 0.2) is 37.6 Å². The molecule has 2 aromatic heterocycles. The zero-order valence-corrected chi connectivity index (χ0v) is 27.7. The summed E-state index contributed by atoms with van der Waals surface area (Å²) >= 11 is 13.8. The van der Waals surface area contributed by atoms with Gasteiger partial charge in [0.25, 0.3) is 0 Å². The van der Waals surface area contributed by atoms with Crippen molar-refractivity contribution in [2.75, 3.05) is 49.3 Å². The van der Waals surface area contributed by atoms with Crippen LogP contribution in [-0.2, 0) is 26.7 Å². The van der Waals surface area contributed by atoms with Crippen molar-refractivity contribution in [3.63, 3.8) is 0 Å². The van der Waals surface area contributed by atoms with Crippen LogP contribution in [0.3, 0.4) is 0 Å². The van der Waals surface area contributed by atoms with Crippen molar-refractivity contribution in [2.45, 2.75) is 32.2 Å². The van der Waals surface area contributed by atoms with Crippen LogP contribution in [0, 0.1) is 11.8 Å². The predicted octanol–water partition coefficient (Wildman–Crippen LogP) is 5.23. The van der Waals surface area contributed by atoms with Crippen LogP contribution in [0.25, 0.3) is 11.5 Å². The van der Waals surface area contributed by atoms with Gasteiger partial charge in [-0.25, -0.2) is 13.4 Å². The molecule has 0 radical (unpaired) electrons. The van der Waals surface area contributed by atoms with Gasteiger partial charge in [-0.2, -0.15) is 0 Å². The lowest BCUT2D eigenvalue weighted by molar-refractivity contribution is 0.204. The molecule has 3 aromatic rings. The summed E-state index contributed by atoms with van der Waals surface area (Å²) in [7, 11) is -0.621. The van der Waals surface area contributed by atoms with Gasteiger partial charge in [-0.05, 0) is 61.4 Å². The van der Waals surface area contributed by atoms with Crippen LogP contribution >= 0.6 is 43.5 Å². The summed E-state index contributed by atoms with van der Waals surface area (Å²) in [5, 5.41) is 8.59. The third kappa shape index (κ3) is 7.35. The Bertz CT molecular complexity index is 1470. The summed E-state index contributed by atoms with van der Waals surface area (Å²) < 4.78 is 39.3. The van der Waals surface area contributed by atoms with Gasteiger partial charge < -0.3 is 19.8 Å². The SMILES string of the molecule is COCCN(CC1CC1C)c1cc(-c2nnc(C(C)(N)Cc3cc(Br)cc(Br)c3)o2)c(Cl)c(N(C)S(C)(=O)=O)n1. The first-order chi connectivity index (χ1) is 18.7. The molecular weight excluding hydrogens is 688 g/mol. The van der Waals surface area contributed by atoms with Gasteiger partial charge in [-0.1, -0.05) is 50.4 Å². The normalized spacial score (nSPS) is 18.4. The molecule has 1 aromatic carbocycles. The fraction of sp³-hybridized carbons (Fsp3) is 0.500. The summed E-state index contributed by atoms with van der Waals surface area (Å²) in [4.78, 5) is 6.75. The van der Waals surface area contributed by atoms with E-state index in [1.54, 1.807) is 13.2 Å². The molecule has 1 aliphatic carbocycles. The minimum atomic E-state index is -3.67. The van der Waals surface area contributed by atoms with E-state index in [9.17, 15) is 8.42 Å². The van der Waals surface area contributed by atoms with Gasteiger partial charge in [0.05, 0.1) is 29.0 Å². The molecule has 1 aliphatic rings. The Hall–Kier alpha value is -1.77. The number of hydrogen-bond donors (Lipinski definition) is 1. The van der Waals surface area contributed by atoms with Crippen LogP contribution in [0.1, 0.15) is 31.7 Å². The van der Waals surface area contributed by atoms with E-state index < -0.39 is 15.6 Å². The quantitative estimate of drug-likeness (QED) is 0.268. The fourth-order valence-corrected chi connectivity index (χ4v) is 6.59. The van der Waals surface area contributed by atoms with Gasteiger partial charge in [0.15, 0.2) is 5.82 Å². The number of benzene rings is 1. The third-order valence-corrected chi connectivity index (χ3v) is 9.44. The van der Waals surface area contributed by atoms with Crippen molar-refractivity contribution >= 4 is 65.1 Å². The molecule has 3 atom stereocenters. The number of ether oxygens (including phenoxy) is 1. The van der Waals surface area contributed by atoms with Crippen LogP contribution in [0.5, 0.6) is 0 Å². The molecule has 0 bridgehead atoms. The molecule has 14 heteroatoms. The number of sulfonamides is 1. The van der Waals surface area contributed by atoms with Crippen molar-refractivity contribution in [1.82, 2.24) is 15.2 Å². The lowest BCUT2D eigenvalue weighted by Gasteiger charge is -2.26. The average Bonchev–Trinajstić information content (AvgIpc) is 3.32. The molecule has 0 amide bonds. The Morgan fingerprint density at radius 2 is 1.88 bits per heavy atom. The number of rotatable bonds is 12. The number of nitrogens with two attached hydrogens (primary N) is 1. The predicted molar refractivity (Wildman–Crippen MR) is 164 cm³/mol. The highest BCUT2D eigenvalue weighted by Crippen LogP contribution is 2.41. The van der Waals surface area contributed by atoms with Gasteiger partial charge in [-0.3, -0.25) is 4.31 Å². The van der Waals surface area contributed by atoms with Gasteiger partial charge in [0.2, 0.25) is 21.8 Å². The van der Waals surface area contributed by atoms with E-state index in [1.165, 1.54) is 7.05 Å². The molecule has 218 valence electrons. The molecule has 3 unspecified atom stereocenters. The van der Waals surface area contributed by atoms with E-state index >= 15 is 0 Å². The van der Waals surface area contributed by atoms with E-state index in [0.717, 1.165) is 38.0 Å². The molecule has 1 fully saturated rings. The zero-order valence-electron chi connectivity index (χ0n) is 23.0. The van der Waals surface area contributed by atoms with Gasteiger partial charge in [0, 0.05) is 36.2 Å². The Labute approximate surface area is 256 Å². The largest absolute Gasteiger partial charge is 0.419 e. The minimum Gasteiger partial charge on any atom is -0.419 e. The molecule has 0 saturated heterocycles. The van der Waals surface area contributed by atoms with E-state index in [4.69, 9.17) is 26.5 Å². The highest BCUT2D eigenvalue weighted by molar-refractivity contribution is 9.11. The summed E-state index contributed by atoms with van der Waals surface area (Å²) in [6.07, 6.45) is 2.64. The van der Waals surface area contributed by atoms with Crippen molar-refractivity contribution < 1.29 is 17.6 Å². The first-order valence-electron chi connectivity index (χ1n) is 12.7. The lowest BCUT2D eigenvalue weighted by Crippen LogP contribution is -2.36. The molecule has 2 heterocycles. The standard InChI is InChI=1S/C26H33Br2ClN6O4S/c1-15-8-17(15)14-35(6-7-38-4)21-12-20(22(29)23(31-21)34(3)40(5,36)37)24-32-33-25(39-24)26(2,30)13-16-9-18(27)11-19(28)10-16/h9-12,15,17H,6-8,13-14,30H2,1-5H3. The maximum absolute atomic E-state index is 12.5. The molecule has 0 aliphatic heterocycles. The van der Waals surface area contributed by atoms with E-state index in [-0.39, 0.29) is 22.6 Å². The Morgan fingerprint density at radius 1 is 1.23 bits per heavy atom. The maximum Gasteiger partial charge on any atom is 0.249 e. The van der Waals surface area contributed by atoms with Crippen LogP contribution < -0.4 is 14.9 Å². The second-order valence-corrected chi connectivity index (χ2v) is 14.8. The Balaban J connectivity index is 1.76. The zero-order chi connectivity index (χ0) is 29.4. The lowest BCUT2D eigenvalue weighted by atomic mass is 9.94. The van der Waals surface area contributed by atoms with Crippen molar-refractivity contribution in [3.8, 4) is 11.5 Å². The number of pyridine rings is 1. The topological polar surface area (TPSA) is 128 Å². The van der Waals surface area contributed by atoms with E-state index in [2.05, 4.69) is 58.9 Å². The smallest absolute Gasteiger partial charge is 0.249 e. The second kappa shape index (κ2) is 12.2. The molecule has 2 N–H and O–H groups in total. The number of nitrogens with zero attached hydrogens (tertiary/aromatic N) is 5. The average molecular weight is 721 g/mol. The Kier molecular flexibility index (Phi) is 9.53. The highest BCUT2D eigenvalue weighted by Gasteiger charge is 2.35. The third-order valence-electron chi connectivity index (χ3n) is 6.98. The molecule has 10 nitrogen and oxygen atoms in total. The fourth-order valence-electron chi connectivity index (χ4n) is 4.40. The van der Waals surface area contributed by atoms with Gasteiger partial charge in [-0.15, -0.1) is 10.2 Å². The Morgan fingerprint density at radius 3 is 2.45 bits per heavy atom. The molecule has 40 heavy (non-hydrogen) atoms. The van der Waals surface area contributed by atoms with E-state index in [0.29, 0.717) is 42.8 Å². The van der Waals surface area contributed by atoms with Crippen LogP contribution in [-0.4, -0.2) is 63.7 Å². The summed E-state index contributed by atoms with van der Waals surface area (Å²) in [6.45, 7) is 5.80. The summed E-state index contributed by atoms with van der Waals surface area (Å²) in [6, 6.07) is 7.64. The molecule has 4 rings (SSSR count). The van der Waals surface area contributed by atoms with Crippen molar-refractivity contribution in [2.24, 2.45) is 17.6 Å².